The van der Waals surface area contributed by atoms with Gasteiger partial charge >= 0.3 is 0 Å². The summed E-state index contributed by atoms with van der Waals surface area (Å²) < 4.78 is 5.79. The van der Waals surface area contributed by atoms with Crippen molar-refractivity contribution in [1.82, 2.24) is 5.32 Å². The molecule has 2 amide bonds. The number of nitrogens with one attached hydrogen (secondary N) is 3. The molecule has 0 aliphatic rings. The Bertz CT molecular complexity index is 988. The molecule has 6 nitrogen and oxygen atoms in total. The normalized spacial score (nSPS) is 10.2. The SMILES string of the molecule is CNC(=O)c1cccc(NC(=O)CNc2ccc(OCCCc3ccccc3)cc2)c1. The summed E-state index contributed by atoms with van der Waals surface area (Å²) >= 11 is 0. The van der Waals surface area contributed by atoms with Gasteiger partial charge < -0.3 is 20.7 Å². The average Bonchev–Trinajstić information content (AvgIpc) is 2.81. The first-order valence-corrected chi connectivity index (χ1v) is 10.3. The molecule has 0 spiro atoms. The molecular weight excluding hydrogens is 390 g/mol. The molecule has 0 aliphatic heterocycles. The summed E-state index contributed by atoms with van der Waals surface area (Å²) in [6.45, 7) is 0.765. The third kappa shape index (κ3) is 7.19. The third-order valence-electron chi connectivity index (χ3n) is 4.66. The van der Waals surface area contributed by atoms with Gasteiger partial charge in [-0.25, -0.2) is 0 Å². The number of hydrogen-bond donors (Lipinski definition) is 3. The van der Waals surface area contributed by atoms with Crippen molar-refractivity contribution in [2.75, 3.05) is 30.8 Å². The molecule has 31 heavy (non-hydrogen) atoms. The molecule has 3 rings (SSSR count). The minimum absolute atomic E-state index is 0.113. The Hall–Kier alpha value is -3.80. The summed E-state index contributed by atoms with van der Waals surface area (Å²) in [4.78, 5) is 23.9. The van der Waals surface area contributed by atoms with Gasteiger partial charge in [-0.2, -0.15) is 0 Å². The minimum atomic E-state index is -0.199. The molecule has 0 aromatic heterocycles. The zero-order chi connectivity index (χ0) is 21.9. The predicted octanol–water partition coefficient (Wildman–Crippen LogP) is 4.11. The molecular formula is C25H27N3O3. The Balaban J connectivity index is 1.39. The quantitative estimate of drug-likeness (QED) is 0.434. The number of benzene rings is 3. The molecule has 6 heteroatoms. The van der Waals surface area contributed by atoms with Crippen molar-refractivity contribution in [1.29, 1.82) is 0 Å². The van der Waals surface area contributed by atoms with Gasteiger partial charge in [0.25, 0.3) is 5.91 Å². The fourth-order valence-corrected chi connectivity index (χ4v) is 3.05. The summed E-state index contributed by atoms with van der Waals surface area (Å²) in [6, 6.07) is 24.7. The number of carbonyl (C=O) groups excluding carboxylic acids is 2. The molecule has 0 saturated carbocycles. The molecule has 160 valence electrons. The number of amides is 2. The number of aryl methyl sites for hydroxylation is 1. The summed E-state index contributed by atoms with van der Waals surface area (Å²) in [6.07, 6.45) is 1.94. The largest absolute Gasteiger partial charge is 0.494 e. The second-order valence-corrected chi connectivity index (χ2v) is 7.02. The van der Waals surface area contributed by atoms with E-state index >= 15 is 0 Å². The van der Waals surface area contributed by atoms with E-state index in [2.05, 4.69) is 28.1 Å². The fraction of sp³-hybridized carbons (Fsp3) is 0.200. The van der Waals surface area contributed by atoms with E-state index in [1.165, 1.54) is 5.56 Å². The number of ether oxygens (including phenoxy) is 1. The lowest BCUT2D eigenvalue weighted by molar-refractivity contribution is -0.114. The predicted molar refractivity (Wildman–Crippen MR) is 124 cm³/mol. The van der Waals surface area contributed by atoms with Gasteiger partial charge in [-0.1, -0.05) is 36.4 Å². The standard InChI is InChI=1S/C25H27N3O3/c1-26-25(30)20-10-5-11-22(17-20)28-24(29)18-27-21-12-14-23(15-13-21)31-16-6-9-19-7-3-2-4-8-19/h2-5,7-8,10-15,17,27H,6,9,16,18H2,1H3,(H,26,30)(H,28,29). The van der Waals surface area contributed by atoms with E-state index in [0.29, 0.717) is 17.9 Å². The molecule has 0 radical (unpaired) electrons. The second-order valence-electron chi connectivity index (χ2n) is 7.02. The Morgan fingerprint density at radius 1 is 0.871 bits per heavy atom. The second kappa shape index (κ2) is 11.4. The molecule has 0 heterocycles. The molecule has 0 aliphatic carbocycles. The van der Waals surface area contributed by atoms with Crippen LogP contribution in [0.1, 0.15) is 22.3 Å². The van der Waals surface area contributed by atoms with Gasteiger partial charge in [-0.3, -0.25) is 9.59 Å². The maximum atomic E-state index is 12.2. The lowest BCUT2D eigenvalue weighted by Crippen LogP contribution is -2.22. The van der Waals surface area contributed by atoms with E-state index in [4.69, 9.17) is 4.74 Å². The van der Waals surface area contributed by atoms with E-state index in [1.54, 1.807) is 31.3 Å². The highest BCUT2D eigenvalue weighted by Crippen LogP contribution is 2.16. The van der Waals surface area contributed by atoms with Crippen LogP contribution in [0.3, 0.4) is 0 Å². The van der Waals surface area contributed by atoms with Gasteiger partial charge in [0, 0.05) is 24.0 Å². The summed E-state index contributed by atoms with van der Waals surface area (Å²) in [5, 5.41) is 8.43. The molecule has 0 saturated heterocycles. The third-order valence-corrected chi connectivity index (χ3v) is 4.66. The fourth-order valence-electron chi connectivity index (χ4n) is 3.05. The van der Waals surface area contributed by atoms with Crippen molar-refractivity contribution < 1.29 is 14.3 Å². The van der Waals surface area contributed by atoms with Gasteiger partial charge in [0.1, 0.15) is 5.75 Å². The van der Waals surface area contributed by atoms with Crippen LogP contribution in [0.15, 0.2) is 78.9 Å². The molecule has 3 aromatic carbocycles. The molecule has 3 aromatic rings. The molecule has 3 N–H and O–H groups in total. The van der Waals surface area contributed by atoms with Crippen LogP contribution in [0.25, 0.3) is 0 Å². The summed E-state index contributed by atoms with van der Waals surface area (Å²) in [5.41, 5.74) is 3.20. The Labute approximate surface area is 182 Å². The lowest BCUT2D eigenvalue weighted by Gasteiger charge is -2.10. The first kappa shape index (κ1) is 21.9. The summed E-state index contributed by atoms with van der Waals surface area (Å²) in [5.74, 6) is 0.404. The molecule has 0 unspecified atom stereocenters. The smallest absolute Gasteiger partial charge is 0.251 e. The van der Waals surface area contributed by atoms with Crippen LogP contribution in [0.5, 0.6) is 5.75 Å². The lowest BCUT2D eigenvalue weighted by atomic mass is 10.1. The first-order chi connectivity index (χ1) is 15.1. The number of carbonyl (C=O) groups is 2. The van der Waals surface area contributed by atoms with Gasteiger partial charge in [-0.05, 0) is 60.9 Å². The van der Waals surface area contributed by atoms with Gasteiger partial charge in [0.15, 0.2) is 0 Å². The summed E-state index contributed by atoms with van der Waals surface area (Å²) in [7, 11) is 1.57. The first-order valence-electron chi connectivity index (χ1n) is 10.3. The number of anilines is 2. The van der Waals surface area contributed by atoms with Crippen LogP contribution in [0.4, 0.5) is 11.4 Å². The van der Waals surface area contributed by atoms with Gasteiger partial charge in [0.2, 0.25) is 5.91 Å². The Morgan fingerprint density at radius 3 is 2.39 bits per heavy atom. The van der Waals surface area contributed by atoms with E-state index < -0.39 is 0 Å². The van der Waals surface area contributed by atoms with E-state index in [0.717, 1.165) is 24.3 Å². The monoisotopic (exact) mass is 417 g/mol. The zero-order valence-electron chi connectivity index (χ0n) is 17.6. The van der Waals surface area contributed by atoms with E-state index in [-0.39, 0.29) is 18.4 Å². The van der Waals surface area contributed by atoms with Crippen molar-refractivity contribution in [3.05, 3.63) is 90.0 Å². The van der Waals surface area contributed by atoms with Crippen LogP contribution >= 0.6 is 0 Å². The van der Waals surface area contributed by atoms with Crippen LogP contribution in [0.2, 0.25) is 0 Å². The molecule has 0 fully saturated rings. The van der Waals surface area contributed by atoms with Gasteiger partial charge in [0.05, 0.1) is 13.2 Å². The minimum Gasteiger partial charge on any atom is -0.494 e. The van der Waals surface area contributed by atoms with Crippen molar-refractivity contribution in [3.8, 4) is 5.75 Å². The zero-order valence-corrected chi connectivity index (χ0v) is 17.6. The van der Waals surface area contributed by atoms with E-state index in [1.807, 2.05) is 42.5 Å². The molecule has 0 atom stereocenters. The maximum Gasteiger partial charge on any atom is 0.251 e. The van der Waals surface area contributed by atoms with Crippen LogP contribution in [0, 0.1) is 0 Å². The van der Waals surface area contributed by atoms with E-state index in [9.17, 15) is 9.59 Å². The Kier molecular flexibility index (Phi) is 8.05. The van der Waals surface area contributed by atoms with Crippen molar-refractivity contribution in [2.45, 2.75) is 12.8 Å². The van der Waals surface area contributed by atoms with Crippen molar-refractivity contribution >= 4 is 23.2 Å². The van der Waals surface area contributed by atoms with Gasteiger partial charge in [-0.15, -0.1) is 0 Å². The maximum absolute atomic E-state index is 12.2. The molecule has 0 bridgehead atoms. The van der Waals surface area contributed by atoms with Crippen LogP contribution in [-0.2, 0) is 11.2 Å². The topological polar surface area (TPSA) is 79.5 Å². The number of rotatable bonds is 10. The Morgan fingerprint density at radius 2 is 1.65 bits per heavy atom. The van der Waals surface area contributed by atoms with Crippen LogP contribution < -0.4 is 20.7 Å². The highest BCUT2D eigenvalue weighted by atomic mass is 16.5. The van der Waals surface area contributed by atoms with Crippen molar-refractivity contribution in [3.63, 3.8) is 0 Å². The highest BCUT2D eigenvalue weighted by molar-refractivity contribution is 5.98. The van der Waals surface area contributed by atoms with Crippen molar-refractivity contribution in [2.24, 2.45) is 0 Å². The average molecular weight is 418 g/mol. The van der Waals surface area contributed by atoms with Crippen LogP contribution in [-0.4, -0.2) is 32.0 Å². The highest BCUT2D eigenvalue weighted by Gasteiger charge is 2.06. The number of hydrogen-bond acceptors (Lipinski definition) is 4.